The Morgan fingerprint density at radius 1 is 1.06 bits per heavy atom. The van der Waals surface area contributed by atoms with E-state index >= 15 is 0 Å². The van der Waals surface area contributed by atoms with E-state index in [0.717, 1.165) is 9.87 Å². The Morgan fingerprint density at radius 2 is 1.72 bits per heavy atom. The number of hydrogen-bond acceptors (Lipinski definition) is 4. The van der Waals surface area contributed by atoms with Crippen molar-refractivity contribution in [1.82, 2.24) is 9.73 Å². The molecule has 0 aromatic heterocycles. The van der Waals surface area contributed by atoms with Crippen molar-refractivity contribution in [2.45, 2.75) is 18.4 Å². The number of hydrogen-bond donors (Lipinski definition) is 1. The standard InChI is InChI=1S/C23H21ClFN3O3S/c1-17-6-12-21(13-7-17)32(30,31)28(15-19-4-2-3-5-22(19)24)16-23(29)27-26-14-18-8-10-20(25)11-9-18/h2-14H,15-16H2,1H3,(H,27,29)/b26-14-. The third-order valence-corrected chi connectivity index (χ3v) is 6.73. The summed E-state index contributed by atoms with van der Waals surface area (Å²) in [6.07, 6.45) is 1.34. The Bertz CT molecular complexity index is 1210. The van der Waals surface area contributed by atoms with Gasteiger partial charge in [-0.3, -0.25) is 4.79 Å². The summed E-state index contributed by atoms with van der Waals surface area (Å²) < 4.78 is 40.5. The van der Waals surface area contributed by atoms with Gasteiger partial charge in [-0.15, -0.1) is 0 Å². The van der Waals surface area contributed by atoms with Gasteiger partial charge in [0.1, 0.15) is 5.82 Å². The predicted molar refractivity (Wildman–Crippen MR) is 122 cm³/mol. The van der Waals surface area contributed by atoms with E-state index in [1.165, 1.54) is 42.6 Å². The second-order valence-electron chi connectivity index (χ2n) is 7.02. The number of hydrazone groups is 1. The average Bonchev–Trinajstić information content (AvgIpc) is 2.76. The number of carbonyl (C=O) groups excluding carboxylic acids is 1. The number of aryl methyl sites for hydroxylation is 1. The van der Waals surface area contributed by atoms with Gasteiger partial charge < -0.3 is 0 Å². The Balaban J connectivity index is 1.80. The van der Waals surface area contributed by atoms with Crippen LogP contribution in [0.2, 0.25) is 5.02 Å². The van der Waals surface area contributed by atoms with Gasteiger partial charge >= 0.3 is 0 Å². The summed E-state index contributed by atoms with van der Waals surface area (Å²) in [5.41, 5.74) is 4.36. The Kier molecular flexibility index (Phi) is 7.74. The molecule has 0 aliphatic carbocycles. The van der Waals surface area contributed by atoms with Crippen molar-refractivity contribution < 1.29 is 17.6 Å². The summed E-state index contributed by atoms with van der Waals surface area (Å²) >= 11 is 6.21. The number of carbonyl (C=O) groups is 1. The third-order valence-electron chi connectivity index (χ3n) is 4.56. The lowest BCUT2D eigenvalue weighted by molar-refractivity contribution is -0.121. The molecule has 0 spiro atoms. The molecule has 0 atom stereocenters. The van der Waals surface area contributed by atoms with Crippen molar-refractivity contribution in [2.75, 3.05) is 6.54 Å². The first kappa shape index (κ1) is 23.6. The molecule has 0 unspecified atom stereocenters. The van der Waals surface area contributed by atoms with E-state index in [1.807, 2.05) is 6.92 Å². The highest BCUT2D eigenvalue weighted by Crippen LogP contribution is 2.22. The van der Waals surface area contributed by atoms with Gasteiger partial charge in [-0.05, 0) is 48.4 Å². The number of nitrogens with zero attached hydrogens (tertiary/aromatic N) is 2. The zero-order chi connectivity index (χ0) is 23.1. The van der Waals surface area contributed by atoms with Crippen LogP contribution in [-0.4, -0.2) is 31.4 Å². The first-order chi connectivity index (χ1) is 15.3. The molecule has 3 aromatic rings. The SMILES string of the molecule is Cc1ccc(S(=O)(=O)N(CC(=O)N/N=C\c2ccc(F)cc2)Cc2ccccc2Cl)cc1. The molecule has 0 bridgehead atoms. The molecule has 3 aromatic carbocycles. The number of nitrogens with one attached hydrogen (secondary N) is 1. The van der Waals surface area contributed by atoms with Gasteiger partial charge in [-0.25, -0.2) is 18.2 Å². The molecule has 3 rings (SSSR count). The number of halogens is 2. The van der Waals surface area contributed by atoms with E-state index in [4.69, 9.17) is 11.6 Å². The van der Waals surface area contributed by atoms with Gasteiger partial charge in [0.2, 0.25) is 10.0 Å². The van der Waals surface area contributed by atoms with E-state index in [0.29, 0.717) is 16.1 Å². The topological polar surface area (TPSA) is 78.8 Å². The summed E-state index contributed by atoms with van der Waals surface area (Å²) in [6.45, 7) is 1.29. The highest BCUT2D eigenvalue weighted by Gasteiger charge is 2.27. The van der Waals surface area contributed by atoms with Crippen LogP contribution in [-0.2, 0) is 21.4 Å². The summed E-state index contributed by atoms with van der Waals surface area (Å²) in [7, 11) is -3.99. The van der Waals surface area contributed by atoms with Gasteiger partial charge in [0, 0.05) is 11.6 Å². The predicted octanol–water partition coefficient (Wildman–Crippen LogP) is 4.13. The maximum Gasteiger partial charge on any atom is 0.255 e. The number of rotatable bonds is 8. The van der Waals surface area contributed by atoms with Crippen molar-refractivity contribution in [2.24, 2.45) is 5.10 Å². The van der Waals surface area contributed by atoms with Crippen LogP contribution in [0.15, 0.2) is 82.8 Å². The summed E-state index contributed by atoms with van der Waals surface area (Å²) in [5, 5.41) is 4.22. The molecule has 0 saturated carbocycles. The number of amides is 1. The van der Waals surface area contributed by atoms with Gasteiger partial charge in [-0.2, -0.15) is 9.41 Å². The van der Waals surface area contributed by atoms with Crippen LogP contribution < -0.4 is 5.43 Å². The first-order valence-corrected chi connectivity index (χ1v) is 11.5. The molecule has 0 fully saturated rings. The molecule has 0 aliphatic rings. The van der Waals surface area contributed by atoms with Crippen LogP contribution in [0.4, 0.5) is 4.39 Å². The molecule has 1 amide bonds. The quantitative estimate of drug-likeness (QED) is 0.394. The zero-order valence-electron chi connectivity index (χ0n) is 17.2. The molecular formula is C23H21ClFN3O3S. The average molecular weight is 474 g/mol. The van der Waals surface area contributed by atoms with E-state index in [9.17, 15) is 17.6 Å². The van der Waals surface area contributed by atoms with Crippen molar-refractivity contribution in [3.05, 3.63) is 100 Å². The molecule has 0 heterocycles. The monoisotopic (exact) mass is 473 g/mol. The molecule has 166 valence electrons. The summed E-state index contributed by atoms with van der Waals surface area (Å²) in [5.74, 6) is -1.02. The minimum Gasteiger partial charge on any atom is -0.272 e. The van der Waals surface area contributed by atoms with Gasteiger partial charge in [-0.1, -0.05) is 59.6 Å². The van der Waals surface area contributed by atoms with Crippen molar-refractivity contribution in [3.8, 4) is 0 Å². The molecule has 32 heavy (non-hydrogen) atoms. The van der Waals surface area contributed by atoms with E-state index in [1.54, 1.807) is 36.4 Å². The van der Waals surface area contributed by atoms with E-state index in [2.05, 4.69) is 10.5 Å². The highest BCUT2D eigenvalue weighted by molar-refractivity contribution is 7.89. The van der Waals surface area contributed by atoms with Gasteiger partial charge in [0.15, 0.2) is 0 Å². The fraction of sp³-hybridized carbons (Fsp3) is 0.130. The largest absolute Gasteiger partial charge is 0.272 e. The van der Waals surface area contributed by atoms with Crippen molar-refractivity contribution in [1.29, 1.82) is 0 Å². The lowest BCUT2D eigenvalue weighted by Gasteiger charge is -2.22. The minimum atomic E-state index is -3.99. The van der Waals surface area contributed by atoms with E-state index < -0.39 is 22.5 Å². The molecule has 6 nitrogen and oxygen atoms in total. The summed E-state index contributed by atoms with van der Waals surface area (Å²) in [6, 6.07) is 18.7. The molecule has 0 aliphatic heterocycles. The lowest BCUT2D eigenvalue weighted by atomic mass is 10.2. The van der Waals surface area contributed by atoms with E-state index in [-0.39, 0.29) is 17.3 Å². The minimum absolute atomic E-state index is 0.0674. The number of benzene rings is 3. The second-order valence-corrected chi connectivity index (χ2v) is 9.37. The molecule has 9 heteroatoms. The summed E-state index contributed by atoms with van der Waals surface area (Å²) in [4.78, 5) is 12.5. The van der Waals surface area contributed by atoms with Gasteiger partial charge in [0.25, 0.3) is 5.91 Å². The van der Waals surface area contributed by atoms with Crippen LogP contribution in [0.5, 0.6) is 0 Å². The highest BCUT2D eigenvalue weighted by atomic mass is 35.5. The van der Waals surface area contributed by atoms with Crippen LogP contribution in [0, 0.1) is 12.7 Å². The third kappa shape index (κ3) is 6.23. The normalized spacial score (nSPS) is 11.8. The smallest absolute Gasteiger partial charge is 0.255 e. The Hall–Kier alpha value is -3.07. The zero-order valence-corrected chi connectivity index (χ0v) is 18.8. The van der Waals surface area contributed by atoms with Crippen LogP contribution in [0.3, 0.4) is 0 Å². The Labute approximate surface area is 191 Å². The maximum atomic E-state index is 13.3. The molecular weight excluding hydrogens is 453 g/mol. The molecule has 0 saturated heterocycles. The first-order valence-electron chi connectivity index (χ1n) is 9.63. The molecule has 0 radical (unpaired) electrons. The number of sulfonamides is 1. The van der Waals surface area contributed by atoms with Crippen LogP contribution in [0.1, 0.15) is 16.7 Å². The molecule has 1 N–H and O–H groups in total. The fourth-order valence-corrected chi connectivity index (χ4v) is 4.39. The van der Waals surface area contributed by atoms with Crippen LogP contribution in [0.25, 0.3) is 0 Å². The van der Waals surface area contributed by atoms with Gasteiger partial charge in [0.05, 0.1) is 17.7 Å². The second kappa shape index (κ2) is 10.5. The Morgan fingerprint density at radius 3 is 2.38 bits per heavy atom. The maximum absolute atomic E-state index is 13.3. The van der Waals surface area contributed by atoms with Crippen molar-refractivity contribution in [3.63, 3.8) is 0 Å². The van der Waals surface area contributed by atoms with Crippen LogP contribution >= 0.6 is 11.6 Å². The van der Waals surface area contributed by atoms with Crippen molar-refractivity contribution >= 4 is 33.7 Å². The fourth-order valence-electron chi connectivity index (χ4n) is 2.82. The lowest BCUT2D eigenvalue weighted by Crippen LogP contribution is -2.39.